The Morgan fingerprint density at radius 3 is 2.94 bits per heavy atom. The lowest BCUT2D eigenvalue weighted by Crippen LogP contribution is -2.52. The molecule has 0 aliphatic carbocycles. The van der Waals surface area contributed by atoms with Gasteiger partial charge in [-0.15, -0.1) is 0 Å². The summed E-state index contributed by atoms with van der Waals surface area (Å²) in [5.74, 6) is 0. The zero-order valence-electron chi connectivity index (χ0n) is 10.6. The average Bonchev–Trinajstić information content (AvgIpc) is 2.38. The minimum absolute atomic E-state index is 0.692. The third kappa shape index (κ3) is 3.19. The second-order valence-corrected chi connectivity index (χ2v) is 5.07. The maximum atomic E-state index is 5.63. The van der Waals surface area contributed by atoms with Crippen molar-refractivity contribution in [2.24, 2.45) is 0 Å². The fraction of sp³-hybridized carbons (Fsp3) is 1.00. The zero-order valence-corrected chi connectivity index (χ0v) is 10.6. The Kier molecular flexibility index (Phi) is 5.07. The number of hydrogen-bond donors (Lipinski definition) is 1. The third-order valence-electron chi connectivity index (χ3n) is 3.91. The standard InChI is InChI=1S/C13H26N2O/c1-2-14-10-12-6-3-4-8-15(12)13-7-5-9-16-11-13/h12-14H,2-11H2,1H3. The fourth-order valence-corrected chi connectivity index (χ4v) is 3.02. The van der Waals surface area contributed by atoms with Crippen molar-refractivity contribution in [3.8, 4) is 0 Å². The second kappa shape index (κ2) is 6.58. The molecule has 2 aliphatic rings. The summed E-state index contributed by atoms with van der Waals surface area (Å²) in [4.78, 5) is 2.71. The molecule has 16 heavy (non-hydrogen) atoms. The van der Waals surface area contributed by atoms with Gasteiger partial charge in [-0.25, -0.2) is 0 Å². The molecule has 0 aromatic rings. The number of piperidine rings is 1. The van der Waals surface area contributed by atoms with Gasteiger partial charge in [0, 0.05) is 25.2 Å². The van der Waals surface area contributed by atoms with Crippen molar-refractivity contribution < 1.29 is 4.74 Å². The largest absolute Gasteiger partial charge is 0.380 e. The van der Waals surface area contributed by atoms with Crippen LogP contribution in [0.25, 0.3) is 0 Å². The Morgan fingerprint density at radius 1 is 1.25 bits per heavy atom. The number of likely N-dealkylation sites (tertiary alicyclic amines) is 1. The van der Waals surface area contributed by atoms with Crippen molar-refractivity contribution in [1.82, 2.24) is 10.2 Å². The van der Waals surface area contributed by atoms with Crippen LogP contribution >= 0.6 is 0 Å². The summed E-state index contributed by atoms with van der Waals surface area (Å²) >= 11 is 0. The molecule has 2 rings (SSSR count). The molecule has 2 heterocycles. The van der Waals surface area contributed by atoms with Gasteiger partial charge in [0.05, 0.1) is 6.61 Å². The number of rotatable bonds is 4. The van der Waals surface area contributed by atoms with E-state index < -0.39 is 0 Å². The predicted molar refractivity (Wildman–Crippen MR) is 66.7 cm³/mol. The van der Waals surface area contributed by atoms with E-state index in [-0.39, 0.29) is 0 Å². The summed E-state index contributed by atoms with van der Waals surface area (Å²) < 4.78 is 5.63. The first-order chi connectivity index (χ1) is 7.92. The molecule has 3 heteroatoms. The van der Waals surface area contributed by atoms with Gasteiger partial charge in [0.1, 0.15) is 0 Å². The van der Waals surface area contributed by atoms with Crippen molar-refractivity contribution in [3.05, 3.63) is 0 Å². The van der Waals surface area contributed by atoms with Crippen LogP contribution in [0.15, 0.2) is 0 Å². The molecule has 0 amide bonds. The monoisotopic (exact) mass is 226 g/mol. The molecule has 0 aromatic carbocycles. The Balaban J connectivity index is 1.86. The van der Waals surface area contributed by atoms with Gasteiger partial charge in [-0.05, 0) is 38.8 Å². The predicted octanol–water partition coefficient (Wildman–Crippen LogP) is 1.63. The highest BCUT2D eigenvalue weighted by Gasteiger charge is 2.29. The van der Waals surface area contributed by atoms with Crippen molar-refractivity contribution in [2.45, 2.75) is 51.1 Å². The van der Waals surface area contributed by atoms with Crippen LogP contribution in [0.3, 0.4) is 0 Å². The number of nitrogens with one attached hydrogen (secondary N) is 1. The third-order valence-corrected chi connectivity index (χ3v) is 3.91. The van der Waals surface area contributed by atoms with Gasteiger partial charge in [0.25, 0.3) is 0 Å². The maximum Gasteiger partial charge on any atom is 0.0621 e. The molecule has 94 valence electrons. The summed E-state index contributed by atoms with van der Waals surface area (Å²) in [5.41, 5.74) is 0. The first-order valence-corrected chi connectivity index (χ1v) is 6.96. The fourth-order valence-electron chi connectivity index (χ4n) is 3.02. The van der Waals surface area contributed by atoms with Gasteiger partial charge < -0.3 is 10.1 Å². The smallest absolute Gasteiger partial charge is 0.0621 e. The van der Waals surface area contributed by atoms with E-state index in [9.17, 15) is 0 Å². The molecule has 0 bridgehead atoms. The van der Waals surface area contributed by atoms with Crippen molar-refractivity contribution in [2.75, 3.05) is 32.8 Å². The van der Waals surface area contributed by atoms with Crippen LogP contribution in [0.2, 0.25) is 0 Å². The number of hydrogen-bond acceptors (Lipinski definition) is 3. The molecule has 2 saturated heterocycles. The van der Waals surface area contributed by atoms with E-state index in [0.717, 1.165) is 32.3 Å². The Labute approximate surface area is 99.5 Å². The van der Waals surface area contributed by atoms with E-state index in [1.54, 1.807) is 0 Å². The van der Waals surface area contributed by atoms with E-state index in [0.29, 0.717) is 6.04 Å². The molecule has 2 aliphatic heterocycles. The summed E-state index contributed by atoms with van der Waals surface area (Å²) in [5, 5.41) is 3.50. The lowest BCUT2D eigenvalue weighted by molar-refractivity contribution is -0.0110. The van der Waals surface area contributed by atoms with E-state index >= 15 is 0 Å². The lowest BCUT2D eigenvalue weighted by atomic mass is 9.97. The van der Waals surface area contributed by atoms with Crippen molar-refractivity contribution in [3.63, 3.8) is 0 Å². The second-order valence-electron chi connectivity index (χ2n) is 5.07. The summed E-state index contributed by atoms with van der Waals surface area (Å²) in [6.45, 7) is 7.66. The van der Waals surface area contributed by atoms with Crippen LogP contribution < -0.4 is 5.32 Å². The highest BCUT2D eigenvalue weighted by Crippen LogP contribution is 2.23. The van der Waals surface area contributed by atoms with Crippen LogP contribution in [0.5, 0.6) is 0 Å². The molecule has 0 radical (unpaired) electrons. The van der Waals surface area contributed by atoms with Crippen LogP contribution in [0.4, 0.5) is 0 Å². The highest BCUT2D eigenvalue weighted by atomic mass is 16.5. The van der Waals surface area contributed by atoms with Gasteiger partial charge in [-0.1, -0.05) is 13.3 Å². The molecule has 2 fully saturated rings. The van der Waals surface area contributed by atoms with Gasteiger partial charge in [0.15, 0.2) is 0 Å². The summed E-state index contributed by atoms with van der Waals surface area (Å²) in [7, 11) is 0. The molecule has 0 spiro atoms. The number of nitrogens with zero attached hydrogens (tertiary/aromatic N) is 1. The average molecular weight is 226 g/mol. The molecular formula is C13H26N2O. The van der Waals surface area contributed by atoms with Gasteiger partial charge in [-0.3, -0.25) is 4.90 Å². The molecule has 0 aromatic heterocycles. The van der Waals surface area contributed by atoms with Crippen LogP contribution in [-0.2, 0) is 4.74 Å². The number of ether oxygens (including phenoxy) is 1. The van der Waals surface area contributed by atoms with Crippen molar-refractivity contribution >= 4 is 0 Å². The van der Waals surface area contributed by atoms with E-state index in [4.69, 9.17) is 4.74 Å². The first kappa shape index (κ1) is 12.3. The van der Waals surface area contributed by atoms with Crippen molar-refractivity contribution in [1.29, 1.82) is 0 Å². The Hall–Kier alpha value is -0.120. The van der Waals surface area contributed by atoms with E-state index in [2.05, 4.69) is 17.1 Å². The van der Waals surface area contributed by atoms with Crippen LogP contribution in [0.1, 0.15) is 39.0 Å². The maximum absolute atomic E-state index is 5.63. The van der Waals surface area contributed by atoms with E-state index in [1.807, 2.05) is 0 Å². The molecule has 3 nitrogen and oxygen atoms in total. The molecule has 0 saturated carbocycles. The summed E-state index contributed by atoms with van der Waals surface area (Å²) in [6.07, 6.45) is 6.72. The van der Waals surface area contributed by atoms with Gasteiger partial charge in [0.2, 0.25) is 0 Å². The lowest BCUT2D eigenvalue weighted by Gasteiger charge is -2.42. The quantitative estimate of drug-likeness (QED) is 0.788. The molecule has 2 unspecified atom stereocenters. The highest BCUT2D eigenvalue weighted by molar-refractivity contribution is 4.85. The topological polar surface area (TPSA) is 24.5 Å². The van der Waals surface area contributed by atoms with Crippen LogP contribution in [-0.4, -0.2) is 49.8 Å². The first-order valence-electron chi connectivity index (χ1n) is 6.96. The normalized spacial score (nSPS) is 32.8. The number of likely N-dealkylation sites (N-methyl/N-ethyl adjacent to an activating group) is 1. The zero-order chi connectivity index (χ0) is 11.2. The van der Waals surface area contributed by atoms with Crippen LogP contribution in [0, 0.1) is 0 Å². The van der Waals surface area contributed by atoms with Gasteiger partial charge in [-0.2, -0.15) is 0 Å². The minimum Gasteiger partial charge on any atom is -0.380 e. The minimum atomic E-state index is 0.692. The summed E-state index contributed by atoms with van der Waals surface area (Å²) in [6, 6.07) is 1.44. The Bertz CT molecular complexity index is 192. The SMILES string of the molecule is CCNCC1CCCCN1C1CCCOC1. The molecular weight excluding hydrogens is 200 g/mol. The molecule has 2 atom stereocenters. The Morgan fingerprint density at radius 2 is 2.19 bits per heavy atom. The molecule has 1 N–H and O–H groups in total. The van der Waals surface area contributed by atoms with Gasteiger partial charge >= 0.3 is 0 Å². The van der Waals surface area contributed by atoms with E-state index in [1.165, 1.54) is 38.6 Å².